The Morgan fingerprint density at radius 2 is 1.25 bits per heavy atom. The van der Waals surface area contributed by atoms with E-state index in [2.05, 4.69) is 10.3 Å². The Kier molecular flexibility index (Phi) is 14.2. The molecule has 0 aliphatic rings. The summed E-state index contributed by atoms with van der Waals surface area (Å²) in [4.78, 5) is 0. The van der Waals surface area contributed by atoms with Crippen LogP contribution in [-0.2, 0) is 19.8 Å². The largest absolute Gasteiger partial charge is 0.500 e. The van der Waals surface area contributed by atoms with Crippen molar-refractivity contribution in [2.24, 2.45) is 0 Å². The summed E-state index contributed by atoms with van der Waals surface area (Å²) >= 11 is 0. The minimum atomic E-state index is -2.43. The summed E-state index contributed by atoms with van der Waals surface area (Å²) in [6, 6.07) is 0.944. The zero-order valence-corrected chi connectivity index (χ0v) is 19.3. The topological polar surface area (TPSA) is 84.4 Å². The molecule has 0 aliphatic carbocycles. The number of nitrogens with two attached hydrogens (primary N) is 1. The van der Waals surface area contributed by atoms with Gasteiger partial charge in [0.05, 0.1) is 6.20 Å². The van der Waals surface area contributed by atoms with Crippen LogP contribution in [0, 0.1) is 0 Å². The molecule has 0 radical (unpaired) electrons. The van der Waals surface area contributed by atoms with Gasteiger partial charge in [-0.2, -0.15) is 0 Å². The van der Waals surface area contributed by atoms with Crippen LogP contribution in [0.4, 0.5) is 5.82 Å². The molecule has 164 valence electrons. The van der Waals surface area contributed by atoms with Gasteiger partial charge in [0, 0.05) is 32.4 Å². The molecule has 1 rings (SSSR count). The normalized spacial score (nSPS) is 12.0. The monoisotopic (exact) mass is 414 g/mol. The zero-order chi connectivity index (χ0) is 20.5. The highest BCUT2D eigenvalue weighted by Crippen LogP contribution is 2.21. The molecule has 0 atom stereocenters. The number of nitrogen functional groups attached to an aromatic ring is 1. The van der Waals surface area contributed by atoms with Crippen LogP contribution in [-0.4, -0.2) is 43.6 Å². The molecule has 0 saturated carbocycles. The predicted molar refractivity (Wildman–Crippen MR) is 116 cm³/mol. The van der Waals surface area contributed by atoms with Gasteiger partial charge in [-0.3, -0.25) is 4.68 Å². The fourth-order valence-electron chi connectivity index (χ4n) is 3.45. The highest BCUT2D eigenvalue weighted by molar-refractivity contribution is 6.60. The first kappa shape index (κ1) is 25.1. The Bertz CT molecular complexity index is 471. The van der Waals surface area contributed by atoms with E-state index in [1.807, 2.05) is 25.5 Å². The van der Waals surface area contributed by atoms with Crippen LogP contribution in [0.1, 0.15) is 85.0 Å². The lowest BCUT2D eigenvalue weighted by Gasteiger charge is -2.28. The fourth-order valence-corrected chi connectivity index (χ4v) is 6.14. The van der Waals surface area contributed by atoms with Gasteiger partial charge >= 0.3 is 8.80 Å². The molecule has 0 spiro atoms. The maximum Gasteiger partial charge on any atom is 0.500 e. The second-order valence-corrected chi connectivity index (χ2v) is 9.91. The van der Waals surface area contributed by atoms with Crippen LogP contribution in [0.2, 0.25) is 6.04 Å². The first-order valence-electron chi connectivity index (χ1n) is 11.2. The molecule has 0 fully saturated rings. The Hall–Kier alpha value is -0.963. The SMILES string of the molecule is CCO[Si](CCCCCCCCCCCCn1cc(N)nn1)(OCC)OCC. The van der Waals surface area contributed by atoms with E-state index in [0.29, 0.717) is 25.6 Å². The zero-order valence-electron chi connectivity index (χ0n) is 18.3. The molecule has 1 aromatic heterocycles. The first-order valence-corrected chi connectivity index (χ1v) is 13.2. The molecule has 1 heterocycles. The summed E-state index contributed by atoms with van der Waals surface area (Å²) in [5.74, 6) is 0.502. The summed E-state index contributed by atoms with van der Waals surface area (Å²) < 4.78 is 19.6. The molecule has 7 nitrogen and oxygen atoms in total. The van der Waals surface area contributed by atoms with Crippen LogP contribution < -0.4 is 5.73 Å². The van der Waals surface area contributed by atoms with Gasteiger partial charge in [-0.05, 0) is 33.6 Å². The molecule has 0 saturated heterocycles. The molecule has 0 unspecified atom stereocenters. The predicted octanol–water partition coefficient (Wildman–Crippen LogP) is 4.81. The summed E-state index contributed by atoms with van der Waals surface area (Å²) in [7, 11) is -2.43. The standard InChI is InChI=1S/C20H42N4O3Si/c1-4-25-28(26-5-2,27-6-3)18-16-14-12-10-8-7-9-11-13-15-17-24-19-20(21)22-23-24/h19H,4-18,21H2,1-3H3. The third-order valence-electron chi connectivity index (χ3n) is 4.77. The number of aromatic nitrogens is 3. The molecule has 0 aliphatic heterocycles. The van der Waals surface area contributed by atoms with Crippen molar-refractivity contribution in [3.8, 4) is 0 Å². The first-order chi connectivity index (χ1) is 13.7. The average Bonchev–Trinajstić information content (AvgIpc) is 3.08. The number of nitrogens with zero attached hydrogens (tertiary/aromatic N) is 3. The summed E-state index contributed by atoms with van der Waals surface area (Å²) in [5.41, 5.74) is 5.56. The van der Waals surface area contributed by atoms with E-state index in [1.165, 1.54) is 51.4 Å². The van der Waals surface area contributed by atoms with Crippen LogP contribution in [0.15, 0.2) is 6.20 Å². The lowest BCUT2D eigenvalue weighted by molar-refractivity contribution is 0.0706. The number of hydrogen-bond donors (Lipinski definition) is 1. The van der Waals surface area contributed by atoms with Crippen LogP contribution in [0.5, 0.6) is 0 Å². The molecule has 0 bridgehead atoms. The average molecular weight is 415 g/mol. The fraction of sp³-hybridized carbons (Fsp3) is 0.900. The van der Waals surface area contributed by atoms with Gasteiger partial charge in [0.15, 0.2) is 5.82 Å². The molecule has 28 heavy (non-hydrogen) atoms. The number of rotatable bonds is 19. The smallest absolute Gasteiger partial charge is 0.381 e. The van der Waals surface area contributed by atoms with E-state index in [0.717, 1.165) is 25.4 Å². The lowest BCUT2D eigenvalue weighted by Crippen LogP contribution is -2.45. The summed E-state index contributed by atoms with van der Waals surface area (Å²) in [6.45, 7) is 8.97. The van der Waals surface area contributed by atoms with E-state index >= 15 is 0 Å². The minimum Gasteiger partial charge on any atom is -0.381 e. The molecule has 0 aromatic carbocycles. The summed E-state index contributed by atoms with van der Waals surface area (Å²) in [6.07, 6.45) is 14.5. The number of unbranched alkanes of at least 4 members (excludes halogenated alkanes) is 9. The van der Waals surface area contributed by atoms with Crippen molar-refractivity contribution in [2.75, 3.05) is 25.6 Å². The third kappa shape index (κ3) is 11.1. The Balaban J connectivity index is 1.96. The number of aryl methyl sites for hydroxylation is 1. The van der Waals surface area contributed by atoms with Gasteiger partial charge in [0.25, 0.3) is 0 Å². The van der Waals surface area contributed by atoms with E-state index in [9.17, 15) is 0 Å². The Morgan fingerprint density at radius 1 is 0.786 bits per heavy atom. The second-order valence-electron chi connectivity index (χ2n) is 7.17. The van der Waals surface area contributed by atoms with Crippen molar-refractivity contribution in [3.05, 3.63) is 6.20 Å². The molecule has 0 amide bonds. The van der Waals surface area contributed by atoms with E-state index in [-0.39, 0.29) is 0 Å². The van der Waals surface area contributed by atoms with E-state index in [4.69, 9.17) is 19.0 Å². The number of hydrogen-bond acceptors (Lipinski definition) is 6. The third-order valence-corrected chi connectivity index (χ3v) is 7.92. The van der Waals surface area contributed by atoms with Crippen molar-refractivity contribution >= 4 is 14.6 Å². The van der Waals surface area contributed by atoms with E-state index < -0.39 is 8.80 Å². The highest BCUT2D eigenvalue weighted by Gasteiger charge is 2.39. The molecular formula is C20H42N4O3Si. The molecule has 8 heteroatoms. The quantitative estimate of drug-likeness (QED) is 0.258. The van der Waals surface area contributed by atoms with Crippen molar-refractivity contribution < 1.29 is 13.3 Å². The minimum absolute atomic E-state index is 0.502. The summed E-state index contributed by atoms with van der Waals surface area (Å²) in [5, 5.41) is 7.76. The maximum atomic E-state index is 5.91. The maximum absolute atomic E-state index is 5.91. The lowest BCUT2D eigenvalue weighted by atomic mass is 10.1. The van der Waals surface area contributed by atoms with Crippen LogP contribution in [0.25, 0.3) is 0 Å². The van der Waals surface area contributed by atoms with Gasteiger partial charge in [0.2, 0.25) is 0 Å². The van der Waals surface area contributed by atoms with Gasteiger partial charge in [0.1, 0.15) is 0 Å². The van der Waals surface area contributed by atoms with Gasteiger partial charge in [-0.25, -0.2) is 0 Å². The van der Waals surface area contributed by atoms with Crippen molar-refractivity contribution in [2.45, 2.75) is 97.6 Å². The molecule has 2 N–H and O–H groups in total. The van der Waals surface area contributed by atoms with Crippen molar-refractivity contribution in [3.63, 3.8) is 0 Å². The van der Waals surface area contributed by atoms with Crippen molar-refractivity contribution in [1.82, 2.24) is 15.0 Å². The molecule has 1 aromatic rings. The van der Waals surface area contributed by atoms with Crippen LogP contribution in [0.3, 0.4) is 0 Å². The Morgan fingerprint density at radius 3 is 1.68 bits per heavy atom. The van der Waals surface area contributed by atoms with Gasteiger partial charge < -0.3 is 19.0 Å². The second kappa shape index (κ2) is 15.9. The van der Waals surface area contributed by atoms with Gasteiger partial charge in [-0.15, -0.1) is 5.10 Å². The van der Waals surface area contributed by atoms with E-state index in [1.54, 1.807) is 6.20 Å². The van der Waals surface area contributed by atoms with Crippen molar-refractivity contribution in [1.29, 1.82) is 0 Å². The van der Waals surface area contributed by atoms with Crippen LogP contribution >= 0.6 is 0 Å². The Labute approximate surface area is 172 Å². The molecular weight excluding hydrogens is 372 g/mol. The number of anilines is 1. The van der Waals surface area contributed by atoms with Gasteiger partial charge in [-0.1, -0.05) is 56.6 Å². The highest BCUT2D eigenvalue weighted by atomic mass is 28.4.